The fraction of sp³-hybridized carbons (Fsp3) is 0.160. The van der Waals surface area contributed by atoms with Crippen molar-refractivity contribution in [2.24, 2.45) is 0 Å². The maximum Gasteiger partial charge on any atom is 0.124 e. The van der Waals surface area contributed by atoms with E-state index in [1.54, 1.807) is 0 Å². The van der Waals surface area contributed by atoms with Crippen molar-refractivity contribution in [1.82, 2.24) is 10.3 Å². The number of nitrogens with one attached hydrogen (secondary N) is 1. The summed E-state index contributed by atoms with van der Waals surface area (Å²) in [7, 11) is 0. The highest BCUT2D eigenvalue weighted by Gasteiger charge is 2.09. The largest absolute Gasteiger partial charge is 0.489 e. The van der Waals surface area contributed by atoms with Gasteiger partial charge in [-0.1, -0.05) is 66.2 Å². The first kappa shape index (κ1) is 18.2. The first-order chi connectivity index (χ1) is 13.8. The number of pyridine rings is 1. The molecule has 1 N–H and O–H groups in total. The molecular weight excluding hydrogens is 344 g/mol. The summed E-state index contributed by atoms with van der Waals surface area (Å²) in [5.41, 5.74) is 4.64. The lowest BCUT2D eigenvalue weighted by Gasteiger charge is -2.15. The topological polar surface area (TPSA) is 34.1 Å². The molecule has 0 aliphatic rings. The lowest BCUT2D eigenvalue weighted by molar-refractivity contribution is 0.302. The molecule has 0 bridgehead atoms. The summed E-state index contributed by atoms with van der Waals surface area (Å²) in [5, 5.41) is 5.96. The molecule has 0 fully saturated rings. The molecule has 0 amide bonds. The van der Waals surface area contributed by atoms with Gasteiger partial charge in [-0.25, -0.2) is 0 Å². The van der Waals surface area contributed by atoms with Crippen LogP contribution in [0.3, 0.4) is 0 Å². The molecule has 0 aliphatic heterocycles. The molecule has 3 heteroatoms. The summed E-state index contributed by atoms with van der Waals surface area (Å²) >= 11 is 0. The number of fused-ring (bicyclic) bond motifs is 1. The van der Waals surface area contributed by atoms with Crippen LogP contribution in [0.4, 0.5) is 0 Å². The summed E-state index contributed by atoms with van der Waals surface area (Å²) in [4.78, 5) is 4.38. The van der Waals surface area contributed by atoms with Crippen LogP contribution in [-0.2, 0) is 19.7 Å². The quantitative estimate of drug-likeness (QED) is 0.473. The highest BCUT2D eigenvalue weighted by atomic mass is 16.5. The molecule has 0 atom stereocenters. The summed E-state index contributed by atoms with van der Waals surface area (Å²) in [6, 6.07) is 27.1. The molecule has 0 unspecified atom stereocenters. The third-order valence-electron chi connectivity index (χ3n) is 4.85. The number of hydrogen-bond acceptors (Lipinski definition) is 3. The highest BCUT2D eigenvalue weighted by molar-refractivity contribution is 5.87. The molecule has 28 heavy (non-hydrogen) atoms. The van der Waals surface area contributed by atoms with Gasteiger partial charge in [0.2, 0.25) is 0 Å². The standard InChI is InChI=1S/C25H24N2O/c1-19-9-11-20(12-10-19)18-28-25-14-13-21-6-2-3-8-23(21)24(25)17-26-16-22-7-4-5-15-27-22/h2-15,26H,16-18H2,1H3. The fourth-order valence-corrected chi connectivity index (χ4v) is 3.30. The van der Waals surface area contributed by atoms with E-state index in [4.69, 9.17) is 4.74 Å². The lowest BCUT2D eigenvalue weighted by atomic mass is 10.0. The molecule has 140 valence electrons. The minimum absolute atomic E-state index is 0.561. The van der Waals surface area contributed by atoms with E-state index in [0.29, 0.717) is 6.61 Å². The van der Waals surface area contributed by atoms with Crippen LogP contribution in [0.25, 0.3) is 10.8 Å². The van der Waals surface area contributed by atoms with Gasteiger partial charge in [-0.05, 0) is 41.5 Å². The maximum absolute atomic E-state index is 6.22. The zero-order chi connectivity index (χ0) is 19.2. The Morgan fingerprint density at radius 3 is 2.46 bits per heavy atom. The van der Waals surface area contributed by atoms with Gasteiger partial charge >= 0.3 is 0 Å². The Balaban J connectivity index is 1.54. The highest BCUT2D eigenvalue weighted by Crippen LogP contribution is 2.29. The van der Waals surface area contributed by atoms with Gasteiger partial charge < -0.3 is 10.1 Å². The zero-order valence-electron chi connectivity index (χ0n) is 16.1. The minimum Gasteiger partial charge on any atom is -0.489 e. The smallest absolute Gasteiger partial charge is 0.124 e. The molecule has 4 rings (SSSR count). The number of hydrogen-bond donors (Lipinski definition) is 1. The second-order valence-electron chi connectivity index (χ2n) is 6.96. The first-order valence-electron chi connectivity index (χ1n) is 9.59. The number of nitrogens with zero attached hydrogens (tertiary/aromatic N) is 1. The van der Waals surface area contributed by atoms with E-state index in [9.17, 15) is 0 Å². The van der Waals surface area contributed by atoms with E-state index in [2.05, 4.69) is 77.9 Å². The molecule has 0 spiro atoms. The van der Waals surface area contributed by atoms with E-state index in [1.807, 2.05) is 24.4 Å². The molecule has 0 radical (unpaired) electrons. The second kappa shape index (κ2) is 8.68. The van der Waals surface area contributed by atoms with Gasteiger partial charge in [0.25, 0.3) is 0 Å². The molecule has 4 aromatic rings. The monoisotopic (exact) mass is 368 g/mol. The van der Waals surface area contributed by atoms with Gasteiger partial charge in [0.05, 0.1) is 5.69 Å². The van der Waals surface area contributed by atoms with Gasteiger partial charge in [-0.3, -0.25) is 4.98 Å². The van der Waals surface area contributed by atoms with Crippen LogP contribution < -0.4 is 10.1 Å². The Bertz CT molecular complexity index is 1040. The van der Waals surface area contributed by atoms with Crippen molar-refractivity contribution in [2.45, 2.75) is 26.6 Å². The Morgan fingerprint density at radius 2 is 1.64 bits per heavy atom. The third-order valence-corrected chi connectivity index (χ3v) is 4.85. The van der Waals surface area contributed by atoms with Crippen LogP contribution in [0.1, 0.15) is 22.4 Å². The summed E-state index contributed by atoms with van der Waals surface area (Å²) in [5.74, 6) is 0.924. The molecular formula is C25H24N2O. The predicted octanol–water partition coefficient (Wildman–Crippen LogP) is 5.41. The van der Waals surface area contributed by atoms with Crippen LogP contribution in [0.5, 0.6) is 5.75 Å². The summed E-state index contributed by atoms with van der Waals surface area (Å²) < 4.78 is 6.22. The Morgan fingerprint density at radius 1 is 0.821 bits per heavy atom. The second-order valence-corrected chi connectivity index (χ2v) is 6.96. The average Bonchev–Trinajstić information content (AvgIpc) is 2.75. The van der Waals surface area contributed by atoms with Crippen molar-refractivity contribution >= 4 is 10.8 Å². The first-order valence-corrected chi connectivity index (χ1v) is 9.59. The van der Waals surface area contributed by atoms with Gasteiger partial charge in [0.1, 0.15) is 12.4 Å². The molecule has 0 aliphatic carbocycles. The lowest BCUT2D eigenvalue weighted by Crippen LogP contribution is -2.15. The molecule has 1 aromatic heterocycles. The maximum atomic E-state index is 6.22. The minimum atomic E-state index is 0.561. The average molecular weight is 368 g/mol. The van der Waals surface area contributed by atoms with E-state index >= 15 is 0 Å². The number of benzene rings is 3. The van der Waals surface area contributed by atoms with E-state index in [1.165, 1.54) is 27.5 Å². The van der Waals surface area contributed by atoms with Crippen LogP contribution in [0.15, 0.2) is 85.1 Å². The summed E-state index contributed by atoms with van der Waals surface area (Å²) in [6.45, 7) is 4.10. The molecule has 0 saturated carbocycles. The van der Waals surface area contributed by atoms with Crippen LogP contribution in [-0.4, -0.2) is 4.98 Å². The van der Waals surface area contributed by atoms with Crippen LogP contribution >= 0.6 is 0 Å². The molecule has 3 nitrogen and oxygen atoms in total. The van der Waals surface area contributed by atoms with Crippen molar-refractivity contribution in [1.29, 1.82) is 0 Å². The van der Waals surface area contributed by atoms with Crippen molar-refractivity contribution in [2.75, 3.05) is 0 Å². The normalized spacial score (nSPS) is 10.9. The molecule has 3 aromatic carbocycles. The fourth-order valence-electron chi connectivity index (χ4n) is 3.30. The summed E-state index contributed by atoms with van der Waals surface area (Å²) in [6.07, 6.45) is 1.82. The Labute approximate surface area is 166 Å². The van der Waals surface area contributed by atoms with E-state index in [0.717, 1.165) is 24.5 Å². The van der Waals surface area contributed by atoms with Gasteiger partial charge in [-0.15, -0.1) is 0 Å². The van der Waals surface area contributed by atoms with Crippen molar-refractivity contribution in [3.63, 3.8) is 0 Å². The Hall–Kier alpha value is -3.17. The molecule has 0 saturated heterocycles. The molecule has 1 heterocycles. The SMILES string of the molecule is Cc1ccc(COc2ccc3ccccc3c2CNCc2ccccn2)cc1. The van der Waals surface area contributed by atoms with Crippen molar-refractivity contribution in [3.05, 3.63) is 107 Å². The van der Waals surface area contributed by atoms with E-state index < -0.39 is 0 Å². The van der Waals surface area contributed by atoms with Crippen molar-refractivity contribution in [3.8, 4) is 5.75 Å². The van der Waals surface area contributed by atoms with Gasteiger partial charge in [0, 0.05) is 24.8 Å². The van der Waals surface area contributed by atoms with Gasteiger partial charge in [0.15, 0.2) is 0 Å². The Kier molecular flexibility index (Phi) is 5.64. The van der Waals surface area contributed by atoms with E-state index in [-0.39, 0.29) is 0 Å². The van der Waals surface area contributed by atoms with Crippen LogP contribution in [0.2, 0.25) is 0 Å². The number of ether oxygens (including phenoxy) is 1. The number of aromatic nitrogens is 1. The van der Waals surface area contributed by atoms with Crippen LogP contribution in [0, 0.1) is 6.92 Å². The van der Waals surface area contributed by atoms with Gasteiger partial charge in [-0.2, -0.15) is 0 Å². The van der Waals surface area contributed by atoms with Crippen molar-refractivity contribution < 1.29 is 4.74 Å². The third kappa shape index (κ3) is 4.38. The number of rotatable bonds is 7. The predicted molar refractivity (Wildman–Crippen MR) is 114 cm³/mol. The number of aryl methyl sites for hydroxylation is 1. The zero-order valence-corrected chi connectivity index (χ0v) is 16.1.